The second-order valence-corrected chi connectivity index (χ2v) is 16.3. The smallest absolute Gasteiger partial charge is 0.227 e. The quantitative estimate of drug-likeness (QED) is 0.324. The van der Waals surface area contributed by atoms with Gasteiger partial charge >= 0.3 is 0 Å². The molecule has 0 radical (unpaired) electrons. The largest absolute Gasteiger partial charge is 0.415 e. The third-order valence-electron chi connectivity index (χ3n) is 7.39. The summed E-state index contributed by atoms with van der Waals surface area (Å²) in [5.41, 5.74) is 2.63. The Morgan fingerprint density at radius 3 is 2.80 bits per heavy atom. The number of aromatic nitrogens is 3. The van der Waals surface area contributed by atoms with Gasteiger partial charge in [-0.15, -0.1) is 0 Å². The molecule has 0 unspecified atom stereocenters. The van der Waals surface area contributed by atoms with Crippen molar-refractivity contribution >= 4 is 47.8 Å². The van der Waals surface area contributed by atoms with E-state index in [2.05, 4.69) is 55.7 Å². The summed E-state index contributed by atoms with van der Waals surface area (Å²) in [5.74, 6) is 0.687. The summed E-state index contributed by atoms with van der Waals surface area (Å²) in [6, 6.07) is 5.91. The number of amides is 1. The minimum atomic E-state index is -1.84. The summed E-state index contributed by atoms with van der Waals surface area (Å²) in [4.78, 5) is 22.4. The predicted molar refractivity (Wildman–Crippen MR) is 144 cm³/mol. The van der Waals surface area contributed by atoms with Crippen molar-refractivity contribution < 1.29 is 14.0 Å². The Morgan fingerprint density at radius 2 is 2.09 bits per heavy atom. The van der Waals surface area contributed by atoms with Gasteiger partial charge in [-0.3, -0.25) is 9.78 Å². The van der Waals surface area contributed by atoms with Crippen LogP contribution in [0.3, 0.4) is 0 Å². The molecule has 1 aromatic carbocycles. The molecular weight excluding hydrogens is 480 g/mol. The zero-order valence-electron chi connectivity index (χ0n) is 21.7. The molecule has 3 heterocycles. The van der Waals surface area contributed by atoms with Crippen molar-refractivity contribution in [2.24, 2.45) is 0 Å². The van der Waals surface area contributed by atoms with E-state index in [4.69, 9.17) is 25.7 Å². The van der Waals surface area contributed by atoms with Gasteiger partial charge < -0.3 is 19.0 Å². The maximum atomic E-state index is 13.0. The Hall–Kier alpha value is -2.00. The van der Waals surface area contributed by atoms with Gasteiger partial charge in [0.15, 0.2) is 8.32 Å². The summed E-state index contributed by atoms with van der Waals surface area (Å²) in [6.45, 7) is 14.9. The lowest BCUT2D eigenvalue weighted by molar-refractivity contribution is -0.120. The molecule has 0 bridgehead atoms. The van der Waals surface area contributed by atoms with Crippen molar-refractivity contribution in [1.29, 1.82) is 0 Å². The van der Waals surface area contributed by atoms with Gasteiger partial charge in [0.25, 0.3) is 0 Å². The van der Waals surface area contributed by atoms with Gasteiger partial charge in [-0.1, -0.05) is 32.4 Å². The van der Waals surface area contributed by atoms with Crippen LogP contribution in [0.25, 0.3) is 21.9 Å². The van der Waals surface area contributed by atoms with E-state index in [0.717, 1.165) is 40.6 Å². The van der Waals surface area contributed by atoms with Gasteiger partial charge in [0.2, 0.25) is 5.91 Å². The zero-order valence-corrected chi connectivity index (χ0v) is 23.4. The number of hydrogen-bond donors (Lipinski definition) is 1. The van der Waals surface area contributed by atoms with E-state index >= 15 is 0 Å². The van der Waals surface area contributed by atoms with E-state index in [-0.39, 0.29) is 29.5 Å². The Bertz CT molecular complexity index is 1220. The molecule has 35 heavy (non-hydrogen) atoms. The molecule has 3 aromatic rings. The van der Waals surface area contributed by atoms with E-state index in [1.54, 1.807) is 6.20 Å². The van der Waals surface area contributed by atoms with Crippen LogP contribution in [0.15, 0.2) is 24.4 Å². The molecule has 4 rings (SSSR count). The number of fused-ring (bicyclic) bond motifs is 3. The lowest BCUT2D eigenvalue weighted by atomic mass is 10.0. The number of hydrogen-bond acceptors (Lipinski definition) is 5. The van der Waals surface area contributed by atoms with Gasteiger partial charge in [-0.2, -0.15) is 0 Å². The first-order valence-corrected chi connectivity index (χ1v) is 15.7. The van der Waals surface area contributed by atoms with E-state index in [9.17, 15) is 4.79 Å². The lowest BCUT2D eigenvalue weighted by Crippen LogP contribution is -2.43. The molecule has 0 spiro atoms. The Labute approximate surface area is 213 Å². The standard InChI is InChI=1S/C26H37ClN4O3Si/c1-17-13-19(9-11-33-17)31-23(15-24(32)28-10-12-34-35(5,6)26(2,3)4)30-22-16-29-21-8-7-18(27)14-20(21)25(22)31/h7-8,14,16-17,19H,9-13,15H2,1-6H3,(H,28,32)/t17-,19-/m1/s1. The van der Waals surface area contributed by atoms with Crippen LogP contribution in [0.1, 0.15) is 52.4 Å². The molecular formula is C26H37ClN4O3Si. The molecule has 2 atom stereocenters. The number of carbonyl (C=O) groups is 1. The van der Waals surface area contributed by atoms with Crippen LogP contribution in [0.2, 0.25) is 23.2 Å². The highest BCUT2D eigenvalue weighted by Gasteiger charge is 2.37. The number of pyridine rings is 1. The number of halogens is 1. The van der Waals surface area contributed by atoms with Gasteiger partial charge in [-0.25, -0.2) is 4.98 Å². The first-order chi connectivity index (χ1) is 16.5. The van der Waals surface area contributed by atoms with Crippen LogP contribution in [-0.2, 0) is 20.4 Å². The number of ether oxygens (including phenoxy) is 1. The van der Waals surface area contributed by atoms with Crippen molar-refractivity contribution in [3.63, 3.8) is 0 Å². The van der Waals surface area contributed by atoms with Gasteiger partial charge in [0.05, 0.1) is 36.4 Å². The van der Waals surface area contributed by atoms with E-state index in [1.807, 2.05) is 18.2 Å². The second-order valence-electron chi connectivity index (χ2n) is 11.0. The van der Waals surface area contributed by atoms with Crippen LogP contribution < -0.4 is 5.32 Å². The molecule has 190 valence electrons. The molecule has 1 saturated heterocycles. The fourth-order valence-electron chi connectivity index (χ4n) is 4.44. The SMILES string of the molecule is C[C@@H]1C[C@H](n2c(CC(=O)NCCO[Si](C)(C)C(C)(C)C)nc3cnc4ccc(Cl)cc4c32)CCO1. The van der Waals surface area contributed by atoms with Crippen LogP contribution in [0.4, 0.5) is 0 Å². The average molecular weight is 517 g/mol. The third kappa shape index (κ3) is 5.71. The predicted octanol–water partition coefficient (Wildman–Crippen LogP) is 5.66. The molecule has 1 fully saturated rings. The molecule has 1 aliphatic heterocycles. The number of carbonyl (C=O) groups excluding carboxylic acids is 1. The number of imidazole rings is 1. The Balaban J connectivity index is 1.58. The topological polar surface area (TPSA) is 78.3 Å². The summed E-state index contributed by atoms with van der Waals surface area (Å²) in [7, 11) is -1.84. The fourth-order valence-corrected chi connectivity index (χ4v) is 5.66. The molecule has 7 nitrogen and oxygen atoms in total. The summed E-state index contributed by atoms with van der Waals surface area (Å²) >= 11 is 6.35. The van der Waals surface area contributed by atoms with Crippen molar-refractivity contribution in [3.8, 4) is 0 Å². The molecule has 1 N–H and O–H groups in total. The first kappa shape index (κ1) is 26.1. The van der Waals surface area contributed by atoms with Crippen LogP contribution in [-0.4, -0.2) is 54.6 Å². The van der Waals surface area contributed by atoms with Crippen molar-refractivity contribution in [2.45, 2.75) is 77.2 Å². The summed E-state index contributed by atoms with van der Waals surface area (Å²) in [6.07, 6.45) is 3.87. The van der Waals surface area contributed by atoms with Crippen molar-refractivity contribution in [2.75, 3.05) is 19.8 Å². The normalized spacial score (nSPS) is 19.4. The Kier molecular flexibility index (Phi) is 7.57. The maximum absolute atomic E-state index is 13.0. The number of rotatable bonds is 7. The molecule has 1 aliphatic rings. The van der Waals surface area contributed by atoms with Gasteiger partial charge in [0, 0.05) is 29.6 Å². The molecule has 9 heteroatoms. The van der Waals surface area contributed by atoms with Crippen LogP contribution >= 0.6 is 11.6 Å². The maximum Gasteiger partial charge on any atom is 0.227 e. The number of benzene rings is 1. The van der Waals surface area contributed by atoms with Crippen LogP contribution in [0, 0.1) is 0 Å². The number of nitrogens with one attached hydrogen (secondary N) is 1. The monoisotopic (exact) mass is 516 g/mol. The molecule has 1 amide bonds. The van der Waals surface area contributed by atoms with Crippen molar-refractivity contribution in [3.05, 3.63) is 35.2 Å². The highest BCUT2D eigenvalue weighted by molar-refractivity contribution is 6.74. The molecule has 0 aliphatic carbocycles. The zero-order chi connectivity index (χ0) is 25.4. The first-order valence-electron chi connectivity index (χ1n) is 12.4. The Morgan fingerprint density at radius 1 is 1.31 bits per heavy atom. The summed E-state index contributed by atoms with van der Waals surface area (Å²) in [5, 5.41) is 4.78. The second kappa shape index (κ2) is 10.2. The van der Waals surface area contributed by atoms with E-state index < -0.39 is 8.32 Å². The average Bonchev–Trinajstić information content (AvgIpc) is 3.14. The third-order valence-corrected chi connectivity index (χ3v) is 12.2. The minimum Gasteiger partial charge on any atom is -0.415 e. The molecule has 2 aromatic heterocycles. The van der Waals surface area contributed by atoms with Crippen LogP contribution in [0.5, 0.6) is 0 Å². The minimum absolute atomic E-state index is 0.0595. The molecule has 0 saturated carbocycles. The highest BCUT2D eigenvalue weighted by Crippen LogP contribution is 2.36. The van der Waals surface area contributed by atoms with Gasteiger partial charge in [0.1, 0.15) is 11.3 Å². The van der Waals surface area contributed by atoms with Gasteiger partial charge in [-0.05, 0) is 56.1 Å². The van der Waals surface area contributed by atoms with Crippen molar-refractivity contribution in [1.82, 2.24) is 19.9 Å². The lowest BCUT2D eigenvalue weighted by Gasteiger charge is -2.36. The van der Waals surface area contributed by atoms with E-state index in [1.165, 1.54) is 0 Å². The fraction of sp³-hybridized carbons (Fsp3) is 0.577. The number of nitrogens with zero attached hydrogens (tertiary/aromatic N) is 3. The summed E-state index contributed by atoms with van der Waals surface area (Å²) < 4.78 is 14.2. The van der Waals surface area contributed by atoms with E-state index in [0.29, 0.717) is 24.8 Å². The highest BCUT2D eigenvalue weighted by atomic mass is 35.5.